The van der Waals surface area contributed by atoms with E-state index in [2.05, 4.69) is 0 Å². The van der Waals surface area contributed by atoms with Crippen LogP contribution in [-0.4, -0.2) is 22.8 Å². The molecule has 0 aromatic heterocycles. The highest BCUT2D eigenvalue weighted by molar-refractivity contribution is 6.07. The number of para-hydroxylation sites is 2. The second kappa shape index (κ2) is 9.47. The van der Waals surface area contributed by atoms with Crippen molar-refractivity contribution >= 4 is 28.9 Å². The van der Waals surface area contributed by atoms with Crippen LogP contribution in [0, 0.1) is 16.0 Å². The summed E-state index contributed by atoms with van der Waals surface area (Å²) < 4.78 is 0. The van der Waals surface area contributed by atoms with Gasteiger partial charge in [-0.15, -0.1) is 0 Å². The van der Waals surface area contributed by atoms with Gasteiger partial charge in [0.25, 0.3) is 11.6 Å². The molecule has 2 atom stereocenters. The van der Waals surface area contributed by atoms with Crippen LogP contribution in [0.2, 0.25) is 0 Å². The molecule has 2 amide bonds. The SMILES string of the molecule is CC(C)C(=O)N1c2ccccc2C(N(C(=O)c2cccc([N+](=O)[O-])c2)c2ccccc2)CC1C. The number of anilines is 2. The number of benzene rings is 3. The number of hydrogen-bond acceptors (Lipinski definition) is 4. The molecule has 7 nitrogen and oxygen atoms in total. The van der Waals surface area contributed by atoms with Crippen LogP contribution in [0.3, 0.4) is 0 Å². The molecule has 4 rings (SSSR count). The molecule has 7 heteroatoms. The first-order valence-corrected chi connectivity index (χ1v) is 11.3. The van der Waals surface area contributed by atoms with Crippen molar-refractivity contribution in [3.05, 3.63) is 100 Å². The molecule has 1 aliphatic rings. The molecular formula is C27H27N3O4. The van der Waals surface area contributed by atoms with Crippen LogP contribution in [0.5, 0.6) is 0 Å². The highest BCUT2D eigenvalue weighted by Crippen LogP contribution is 2.43. The van der Waals surface area contributed by atoms with Crippen LogP contribution in [0.4, 0.5) is 17.1 Å². The summed E-state index contributed by atoms with van der Waals surface area (Å²) in [7, 11) is 0. The summed E-state index contributed by atoms with van der Waals surface area (Å²) in [5, 5.41) is 11.3. The molecule has 174 valence electrons. The Morgan fingerprint density at radius 1 is 1.00 bits per heavy atom. The summed E-state index contributed by atoms with van der Waals surface area (Å²) in [6, 6.07) is 22.3. The zero-order valence-electron chi connectivity index (χ0n) is 19.4. The van der Waals surface area contributed by atoms with Crippen LogP contribution >= 0.6 is 0 Å². The maximum atomic E-state index is 13.9. The Morgan fingerprint density at radius 2 is 1.68 bits per heavy atom. The number of fused-ring (bicyclic) bond motifs is 1. The summed E-state index contributed by atoms with van der Waals surface area (Å²) in [6.07, 6.45) is 0.533. The average molecular weight is 458 g/mol. The van der Waals surface area contributed by atoms with Crippen molar-refractivity contribution in [3.63, 3.8) is 0 Å². The first kappa shape index (κ1) is 23.2. The Labute approximate surface area is 198 Å². The molecule has 0 spiro atoms. The summed E-state index contributed by atoms with van der Waals surface area (Å²) in [5.74, 6) is -0.455. The minimum absolute atomic E-state index is 0.0367. The van der Waals surface area contributed by atoms with Gasteiger partial charge >= 0.3 is 0 Å². The topological polar surface area (TPSA) is 83.8 Å². The van der Waals surface area contributed by atoms with Gasteiger partial charge in [0.2, 0.25) is 5.91 Å². The van der Waals surface area contributed by atoms with Gasteiger partial charge in [0, 0.05) is 41.0 Å². The monoisotopic (exact) mass is 457 g/mol. The summed E-state index contributed by atoms with van der Waals surface area (Å²) in [4.78, 5) is 41.3. The smallest absolute Gasteiger partial charge is 0.270 e. The van der Waals surface area contributed by atoms with Gasteiger partial charge in [-0.05, 0) is 43.2 Å². The number of carbonyl (C=O) groups excluding carboxylic acids is 2. The second-order valence-electron chi connectivity index (χ2n) is 8.84. The maximum Gasteiger partial charge on any atom is 0.270 e. The van der Waals surface area contributed by atoms with Gasteiger partial charge in [-0.25, -0.2) is 0 Å². The minimum atomic E-state index is -0.503. The number of non-ortho nitro benzene ring substituents is 1. The first-order chi connectivity index (χ1) is 16.3. The van der Waals surface area contributed by atoms with E-state index in [-0.39, 0.29) is 41.1 Å². The first-order valence-electron chi connectivity index (χ1n) is 11.3. The summed E-state index contributed by atoms with van der Waals surface area (Å²) in [5.41, 5.74) is 2.46. The summed E-state index contributed by atoms with van der Waals surface area (Å²) in [6.45, 7) is 5.75. The molecule has 34 heavy (non-hydrogen) atoms. The van der Waals surface area contributed by atoms with E-state index < -0.39 is 4.92 Å². The van der Waals surface area contributed by atoms with E-state index in [0.717, 1.165) is 11.3 Å². The predicted octanol–water partition coefficient (Wildman–Crippen LogP) is 5.76. The lowest BCUT2D eigenvalue weighted by Crippen LogP contribution is -2.49. The molecule has 0 aliphatic carbocycles. The average Bonchev–Trinajstić information content (AvgIpc) is 2.84. The number of rotatable bonds is 5. The Morgan fingerprint density at radius 3 is 2.35 bits per heavy atom. The number of hydrogen-bond donors (Lipinski definition) is 0. The van der Waals surface area contributed by atoms with E-state index in [1.807, 2.05) is 80.3 Å². The van der Waals surface area contributed by atoms with Gasteiger partial charge in [-0.3, -0.25) is 19.7 Å². The Hall–Kier alpha value is -4.00. The van der Waals surface area contributed by atoms with Crippen molar-refractivity contribution in [2.45, 2.75) is 39.3 Å². The van der Waals surface area contributed by atoms with E-state index in [1.54, 1.807) is 11.0 Å². The zero-order valence-corrected chi connectivity index (χ0v) is 19.4. The van der Waals surface area contributed by atoms with Crippen LogP contribution in [0.1, 0.15) is 49.2 Å². The van der Waals surface area contributed by atoms with Crippen molar-refractivity contribution < 1.29 is 14.5 Å². The van der Waals surface area contributed by atoms with E-state index in [0.29, 0.717) is 12.1 Å². The van der Waals surface area contributed by atoms with Gasteiger partial charge in [0.1, 0.15) is 0 Å². The Bertz CT molecular complexity index is 1230. The molecule has 3 aromatic carbocycles. The fourth-order valence-electron chi connectivity index (χ4n) is 4.56. The standard InChI is InChI=1S/C27H27N3O4/c1-18(2)26(31)28-19(3)16-25(23-14-7-8-15-24(23)28)29(21-11-5-4-6-12-21)27(32)20-10-9-13-22(17-20)30(33)34/h4-15,17-19,25H,16H2,1-3H3. The van der Waals surface area contributed by atoms with Crippen LogP contribution in [-0.2, 0) is 4.79 Å². The molecule has 0 saturated carbocycles. The molecule has 2 unspecified atom stereocenters. The van der Waals surface area contributed by atoms with Crippen molar-refractivity contribution in [3.8, 4) is 0 Å². The number of amides is 2. The maximum absolute atomic E-state index is 13.9. The third-order valence-corrected chi connectivity index (χ3v) is 6.16. The second-order valence-corrected chi connectivity index (χ2v) is 8.84. The minimum Gasteiger partial charge on any atom is -0.309 e. The van der Waals surface area contributed by atoms with E-state index in [1.165, 1.54) is 18.2 Å². The molecule has 0 bridgehead atoms. The third-order valence-electron chi connectivity index (χ3n) is 6.16. The fraction of sp³-hybridized carbons (Fsp3) is 0.259. The lowest BCUT2D eigenvalue weighted by Gasteiger charge is -2.44. The van der Waals surface area contributed by atoms with Gasteiger partial charge < -0.3 is 9.80 Å². The predicted molar refractivity (Wildman–Crippen MR) is 132 cm³/mol. The number of nitro groups is 1. The van der Waals surface area contributed by atoms with Crippen LogP contribution < -0.4 is 9.80 Å². The zero-order chi connectivity index (χ0) is 24.4. The number of carbonyl (C=O) groups is 2. The highest BCUT2D eigenvalue weighted by Gasteiger charge is 2.39. The molecule has 0 N–H and O–H groups in total. The summed E-state index contributed by atoms with van der Waals surface area (Å²) >= 11 is 0. The van der Waals surface area contributed by atoms with Gasteiger partial charge in [0.05, 0.1) is 11.0 Å². The van der Waals surface area contributed by atoms with E-state index in [9.17, 15) is 19.7 Å². The van der Waals surface area contributed by atoms with Crippen LogP contribution in [0.25, 0.3) is 0 Å². The van der Waals surface area contributed by atoms with Crippen molar-refractivity contribution in [1.29, 1.82) is 0 Å². The molecule has 0 saturated heterocycles. The Balaban J connectivity index is 1.85. The lowest BCUT2D eigenvalue weighted by atomic mass is 9.88. The molecule has 1 heterocycles. The molecular weight excluding hydrogens is 430 g/mol. The van der Waals surface area contributed by atoms with Crippen LogP contribution in [0.15, 0.2) is 78.9 Å². The quantitative estimate of drug-likeness (QED) is 0.360. The molecule has 0 fully saturated rings. The molecule has 3 aromatic rings. The fourth-order valence-corrected chi connectivity index (χ4v) is 4.56. The third kappa shape index (κ3) is 4.29. The van der Waals surface area contributed by atoms with Gasteiger partial charge in [-0.1, -0.05) is 56.3 Å². The van der Waals surface area contributed by atoms with Crippen molar-refractivity contribution in [2.24, 2.45) is 5.92 Å². The van der Waals surface area contributed by atoms with E-state index in [4.69, 9.17) is 0 Å². The van der Waals surface area contributed by atoms with E-state index >= 15 is 0 Å². The molecule has 0 radical (unpaired) electrons. The van der Waals surface area contributed by atoms with Crippen molar-refractivity contribution in [2.75, 3.05) is 9.80 Å². The van der Waals surface area contributed by atoms with Gasteiger partial charge in [-0.2, -0.15) is 0 Å². The number of nitro benzene ring substituents is 1. The van der Waals surface area contributed by atoms with Crippen molar-refractivity contribution in [1.82, 2.24) is 0 Å². The highest BCUT2D eigenvalue weighted by atomic mass is 16.6. The van der Waals surface area contributed by atoms with Gasteiger partial charge in [0.15, 0.2) is 0 Å². The largest absolute Gasteiger partial charge is 0.309 e. The molecule has 1 aliphatic heterocycles. The normalized spacial score (nSPS) is 17.2. The number of nitrogens with zero attached hydrogens (tertiary/aromatic N) is 3. The lowest BCUT2D eigenvalue weighted by molar-refractivity contribution is -0.384. The Kier molecular flexibility index (Phi) is 6.45.